The smallest absolute Gasteiger partial charge is 0.258 e. The number of aryl methyl sites for hydroxylation is 2. The summed E-state index contributed by atoms with van der Waals surface area (Å²) < 4.78 is 0. The van der Waals surface area contributed by atoms with Gasteiger partial charge in [-0.1, -0.05) is 69.6 Å². The molecule has 0 spiro atoms. The minimum Gasteiger partial charge on any atom is -0.295 e. The lowest BCUT2D eigenvalue weighted by molar-refractivity contribution is -0.121. The van der Waals surface area contributed by atoms with Crippen molar-refractivity contribution in [2.75, 3.05) is 0 Å². The molecule has 0 saturated carbocycles. The first-order valence-corrected chi connectivity index (χ1v) is 9.24. The quantitative estimate of drug-likeness (QED) is 0.481. The largest absolute Gasteiger partial charge is 0.295 e. The third-order valence-corrected chi connectivity index (χ3v) is 5.38. The predicted octanol–water partition coefficient (Wildman–Crippen LogP) is 4.36. The molecule has 1 N–H and O–H groups in total. The molecule has 0 aromatic heterocycles. The first kappa shape index (κ1) is 17.4. The van der Waals surface area contributed by atoms with Crippen molar-refractivity contribution in [2.45, 2.75) is 18.7 Å². The van der Waals surface area contributed by atoms with E-state index in [0.717, 1.165) is 16.0 Å². The van der Waals surface area contributed by atoms with Gasteiger partial charge in [0.15, 0.2) is 0 Å². The van der Waals surface area contributed by atoms with Gasteiger partial charge in [0.1, 0.15) is 0 Å². The Morgan fingerprint density at radius 1 is 1.04 bits per heavy atom. The average Bonchev–Trinajstić information content (AvgIpc) is 2.54. The van der Waals surface area contributed by atoms with Crippen LogP contribution in [0, 0.1) is 13.8 Å². The van der Waals surface area contributed by atoms with E-state index in [0.29, 0.717) is 12.0 Å². The second kappa shape index (κ2) is 8.60. The van der Waals surface area contributed by atoms with Crippen LogP contribution in [0.3, 0.4) is 0 Å². The number of imide groups is 1. The molecule has 2 aromatic carbocycles. The molecule has 0 radical (unpaired) electrons. The topological polar surface area (TPSA) is 46.2 Å². The minimum absolute atomic E-state index is 0.401. The fraction of sp³-hybridized carbons (Fsp3) is 0.111. The summed E-state index contributed by atoms with van der Waals surface area (Å²) in [5.41, 5.74) is 3.56. The molecule has 0 atom stereocenters. The second-order valence-corrected chi connectivity index (χ2v) is 7.05. The van der Waals surface area contributed by atoms with Crippen LogP contribution in [0.4, 0.5) is 0 Å². The van der Waals surface area contributed by atoms with Gasteiger partial charge in [-0.05, 0) is 36.4 Å². The van der Waals surface area contributed by atoms with Crippen molar-refractivity contribution in [2.24, 2.45) is 0 Å². The average molecular weight is 343 g/mol. The molecular formula is C18H17NO2S2. The Balaban J connectivity index is 2.19. The molecule has 0 aliphatic carbocycles. The number of hydrogen-bond donors (Lipinski definition) is 1. The SMILES string of the molecule is Cc1ccc(/C(=C/SSc2ccccc2C)C(=O)NC=O)cc1. The minimum atomic E-state index is -0.401. The van der Waals surface area contributed by atoms with Crippen LogP contribution in [0.5, 0.6) is 0 Å². The van der Waals surface area contributed by atoms with E-state index < -0.39 is 5.91 Å². The van der Waals surface area contributed by atoms with Crippen molar-refractivity contribution in [3.05, 3.63) is 70.6 Å². The summed E-state index contributed by atoms with van der Waals surface area (Å²) in [4.78, 5) is 23.8. The third kappa shape index (κ3) is 5.01. The summed E-state index contributed by atoms with van der Waals surface area (Å²) in [6.45, 7) is 4.04. The summed E-state index contributed by atoms with van der Waals surface area (Å²) >= 11 is 0. The van der Waals surface area contributed by atoms with Crippen LogP contribution >= 0.6 is 21.6 Å². The lowest BCUT2D eigenvalue weighted by Crippen LogP contribution is -2.22. The number of benzene rings is 2. The highest BCUT2D eigenvalue weighted by molar-refractivity contribution is 8.77. The van der Waals surface area contributed by atoms with Gasteiger partial charge in [0.05, 0.1) is 5.57 Å². The molecule has 0 saturated heterocycles. The first-order chi connectivity index (χ1) is 11.1. The van der Waals surface area contributed by atoms with Gasteiger partial charge in [-0.3, -0.25) is 14.9 Å². The second-order valence-electron chi connectivity index (χ2n) is 4.93. The lowest BCUT2D eigenvalue weighted by atomic mass is 10.1. The van der Waals surface area contributed by atoms with E-state index in [2.05, 4.69) is 5.32 Å². The number of rotatable bonds is 6. The zero-order chi connectivity index (χ0) is 16.7. The van der Waals surface area contributed by atoms with Crippen LogP contribution in [0.15, 0.2) is 58.8 Å². The van der Waals surface area contributed by atoms with E-state index in [1.165, 1.54) is 16.4 Å². The van der Waals surface area contributed by atoms with Crippen LogP contribution in [0.1, 0.15) is 16.7 Å². The van der Waals surface area contributed by atoms with Gasteiger partial charge in [-0.25, -0.2) is 0 Å². The fourth-order valence-electron chi connectivity index (χ4n) is 1.89. The van der Waals surface area contributed by atoms with Crippen molar-refractivity contribution in [1.82, 2.24) is 5.32 Å². The van der Waals surface area contributed by atoms with Crippen LogP contribution in [0.2, 0.25) is 0 Å². The van der Waals surface area contributed by atoms with Crippen molar-refractivity contribution in [3.8, 4) is 0 Å². The Hall–Kier alpha value is -1.98. The van der Waals surface area contributed by atoms with Crippen LogP contribution in [-0.2, 0) is 9.59 Å². The van der Waals surface area contributed by atoms with Gasteiger partial charge in [-0.2, -0.15) is 0 Å². The van der Waals surface area contributed by atoms with Crippen molar-refractivity contribution < 1.29 is 9.59 Å². The zero-order valence-electron chi connectivity index (χ0n) is 12.9. The van der Waals surface area contributed by atoms with Crippen LogP contribution in [0.25, 0.3) is 5.57 Å². The lowest BCUT2D eigenvalue weighted by Gasteiger charge is -2.07. The van der Waals surface area contributed by atoms with Crippen LogP contribution in [-0.4, -0.2) is 12.3 Å². The normalized spacial score (nSPS) is 11.1. The Labute approximate surface area is 144 Å². The van der Waals surface area contributed by atoms with Gasteiger partial charge in [0.25, 0.3) is 5.91 Å². The van der Waals surface area contributed by atoms with Crippen molar-refractivity contribution in [1.29, 1.82) is 0 Å². The Morgan fingerprint density at radius 2 is 1.74 bits per heavy atom. The molecule has 0 bridgehead atoms. The summed E-state index contributed by atoms with van der Waals surface area (Å²) in [5.74, 6) is -0.401. The van der Waals surface area contributed by atoms with Gasteiger partial charge in [0, 0.05) is 4.90 Å². The highest BCUT2D eigenvalue weighted by atomic mass is 33.1. The summed E-state index contributed by atoms with van der Waals surface area (Å²) in [5, 5.41) is 3.99. The summed E-state index contributed by atoms with van der Waals surface area (Å²) in [6.07, 6.45) is 0.406. The van der Waals surface area contributed by atoms with Gasteiger partial charge in [0.2, 0.25) is 6.41 Å². The number of hydrogen-bond acceptors (Lipinski definition) is 4. The molecule has 0 aliphatic rings. The monoisotopic (exact) mass is 343 g/mol. The van der Waals surface area contributed by atoms with Gasteiger partial charge < -0.3 is 0 Å². The maximum atomic E-state index is 12.1. The van der Waals surface area contributed by atoms with Crippen LogP contribution < -0.4 is 5.32 Å². The highest BCUT2D eigenvalue weighted by Crippen LogP contribution is 2.36. The molecule has 3 nitrogen and oxygen atoms in total. The van der Waals surface area contributed by atoms with Gasteiger partial charge >= 0.3 is 0 Å². The Kier molecular flexibility index (Phi) is 6.50. The number of nitrogens with one attached hydrogen (secondary N) is 1. The van der Waals surface area contributed by atoms with E-state index >= 15 is 0 Å². The molecule has 2 aromatic rings. The molecule has 0 fully saturated rings. The highest BCUT2D eigenvalue weighted by Gasteiger charge is 2.11. The maximum absolute atomic E-state index is 12.1. The summed E-state index contributed by atoms with van der Waals surface area (Å²) in [6, 6.07) is 15.7. The molecular weight excluding hydrogens is 326 g/mol. The molecule has 5 heteroatoms. The number of carbonyl (C=O) groups is 2. The summed E-state index contributed by atoms with van der Waals surface area (Å²) in [7, 11) is 3.04. The molecule has 0 heterocycles. The Morgan fingerprint density at radius 3 is 2.39 bits per heavy atom. The number of amides is 2. The standard InChI is InChI=1S/C18H17NO2S2/c1-13-7-9-15(10-8-13)16(18(21)19-12-20)11-22-23-17-6-4-3-5-14(17)2/h3-12H,1-2H3,(H,19,20,21)/b16-11-. The first-order valence-electron chi connectivity index (χ1n) is 7.02. The van der Waals surface area contributed by atoms with Gasteiger partial charge in [-0.15, -0.1) is 0 Å². The number of carbonyl (C=O) groups excluding carboxylic acids is 2. The van der Waals surface area contributed by atoms with E-state index in [4.69, 9.17) is 0 Å². The van der Waals surface area contributed by atoms with E-state index in [1.54, 1.807) is 16.2 Å². The third-order valence-electron chi connectivity index (χ3n) is 3.19. The predicted molar refractivity (Wildman–Crippen MR) is 98.0 cm³/mol. The zero-order valence-corrected chi connectivity index (χ0v) is 14.5. The van der Waals surface area contributed by atoms with Crippen molar-refractivity contribution >= 4 is 39.5 Å². The molecule has 23 heavy (non-hydrogen) atoms. The maximum Gasteiger partial charge on any atom is 0.258 e. The Bertz CT molecular complexity index is 724. The molecule has 2 amide bonds. The molecule has 0 aliphatic heterocycles. The van der Waals surface area contributed by atoms with E-state index in [-0.39, 0.29) is 0 Å². The van der Waals surface area contributed by atoms with Crippen molar-refractivity contribution in [3.63, 3.8) is 0 Å². The fourth-order valence-corrected chi connectivity index (χ4v) is 4.02. The molecule has 0 unspecified atom stereocenters. The molecule has 2 rings (SSSR count). The van der Waals surface area contributed by atoms with E-state index in [9.17, 15) is 9.59 Å². The van der Waals surface area contributed by atoms with E-state index in [1.807, 2.05) is 62.4 Å². The molecule has 118 valence electrons.